The summed E-state index contributed by atoms with van der Waals surface area (Å²) >= 11 is 3.44. The maximum Gasteiger partial charge on any atom is 0.341 e. The molecule has 1 heterocycles. The Morgan fingerprint density at radius 3 is 2.76 bits per heavy atom. The van der Waals surface area contributed by atoms with Crippen LogP contribution in [-0.4, -0.2) is 14.8 Å². The SMILES string of the molecule is CC(N)c1ccc(Oc2ncn(C)n2)c(Br)c1. The summed E-state index contributed by atoms with van der Waals surface area (Å²) < 4.78 is 7.95. The summed E-state index contributed by atoms with van der Waals surface area (Å²) in [7, 11) is 1.79. The van der Waals surface area contributed by atoms with E-state index in [1.165, 1.54) is 0 Å². The Morgan fingerprint density at radius 1 is 1.47 bits per heavy atom. The fourth-order valence-corrected chi connectivity index (χ4v) is 1.83. The van der Waals surface area contributed by atoms with Gasteiger partial charge in [0.05, 0.1) is 4.47 Å². The minimum atomic E-state index is -0.00618. The van der Waals surface area contributed by atoms with Gasteiger partial charge in [-0.2, -0.15) is 4.98 Å². The van der Waals surface area contributed by atoms with Gasteiger partial charge in [-0.3, -0.25) is 4.68 Å². The molecular weight excluding hydrogens is 284 g/mol. The number of hydrogen-bond donors (Lipinski definition) is 1. The van der Waals surface area contributed by atoms with Crippen molar-refractivity contribution in [1.82, 2.24) is 14.8 Å². The van der Waals surface area contributed by atoms with Crippen molar-refractivity contribution in [2.24, 2.45) is 12.8 Å². The van der Waals surface area contributed by atoms with Crippen LogP contribution < -0.4 is 10.5 Å². The molecule has 90 valence electrons. The van der Waals surface area contributed by atoms with E-state index in [0.717, 1.165) is 10.0 Å². The van der Waals surface area contributed by atoms with Gasteiger partial charge in [-0.25, -0.2) is 0 Å². The zero-order valence-electron chi connectivity index (χ0n) is 9.59. The van der Waals surface area contributed by atoms with Crippen molar-refractivity contribution in [2.45, 2.75) is 13.0 Å². The molecule has 6 heteroatoms. The molecule has 0 fully saturated rings. The van der Waals surface area contributed by atoms with E-state index >= 15 is 0 Å². The number of aromatic nitrogens is 3. The van der Waals surface area contributed by atoms with Crippen molar-refractivity contribution < 1.29 is 4.74 Å². The number of aryl methyl sites for hydroxylation is 1. The van der Waals surface area contributed by atoms with E-state index in [-0.39, 0.29) is 6.04 Å². The van der Waals surface area contributed by atoms with Gasteiger partial charge in [0.2, 0.25) is 0 Å². The molecule has 0 aliphatic carbocycles. The van der Waals surface area contributed by atoms with Gasteiger partial charge in [0.15, 0.2) is 0 Å². The van der Waals surface area contributed by atoms with Gasteiger partial charge in [0.1, 0.15) is 12.1 Å². The number of halogens is 1. The first kappa shape index (κ1) is 12.1. The predicted octanol–water partition coefficient (Wildman–Crippen LogP) is 2.39. The van der Waals surface area contributed by atoms with Crippen molar-refractivity contribution in [2.75, 3.05) is 0 Å². The maximum atomic E-state index is 5.80. The van der Waals surface area contributed by atoms with Crippen LogP contribution in [-0.2, 0) is 7.05 Å². The molecule has 0 bridgehead atoms. The highest BCUT2D eigenvalue weighted by Gasteiger charge is 2.08. The summed E-state index contributed by atoms with van der Waals surface area (Å²) in [6.07, 6.45) is 1.58. The minimum Gasteiger partial charge on any atom is -0.422 e. The fourth-order valence-electron chi connectivity index (χ4n) is 1.35. The Hall–Kier alpha value is -1.40. The Labute approximate surface area is 108 Å². The van der Waals surface area contributed by atoms with Gasteiger partial charge in [0.25, 0.3) is 0 Å². The first-order chi connectivity index (χ1) is 8.06. The smallest absolute Gasteiger partial charge is 0.341 e. The largest absolute Gasteiger partial charge is 0.422 e. The Balaban J connectivity index is 2.22. The summed E-state index contributed by atoms with van der Waals surface area (Å²) in [6, 6.07) is 6.02. The number of ether oxygens (including phenoxy) is 1. The molecule has 0 saturated heterocycles. The third-order valence-corrected chi connectivity index (χ3v) is 2.88. The molecule has 2 rings (SSSR count). The minimum absolute atomic E-state index is 0.00618. The Bertz CT molecular complexity index is 524. The summed E-state index contributed by atoms with van der Waals surface area (Å²) in [4.78, 5) is 3.99. The van der Waals surface area contributed by atoms with E-state index in [9.17, 15) is 0 Å². The second-order valence-electron chi connectivity index (χ2n) is 3.78. The van der Waals surface area contributed by atoms with Crippen molar-refractivity contribution in [3.63, 3.8) is 0 Å². The topological polar surface area (TPSA) is 66.0 Å². The monoisotopic (exact) mass is 296 g/mol. The van der Waals surface area contributed by atoms with Crippen LogP contribution in [0, 0.1) is 0 Å². The van der Waals surface area contributed by atoms with Gasteiger partial charge >= 0.3 is 6.01 Å². The van der Waals surface area contributed by atoms with Crippen molar-refractivity contribution in [3.05, 3.63) is 34.6 Å². The maximum absolute atomic E-state index is 5.80. The highest BCUT2D eigenvalue weighted by atomic mass is 79.9. The number of hydrogen-bond acceptors (Lipinski definition) is 4. The van der Waals surface area contributed by atoms with Crippen LogP contribution in [0.2, 0.25) is 0 Å². The van der Waals surface area contributed by atoms with Crippen LogP contribution in [0.15, 0.2) is 29.0 Å². The molecule has 0 radical (unpaired) electrons. The van der Waals surface area contributed by atoms with Crippen LogP contribution in [0.1, 0.15) is 18.5 Å². The van der Waals surface area contributed by atoms with Crippen LogP contribution in [0.5, 0.6) is 11.8 Å². The van der Waals surface area contributed by atoms with E-state index in [2.05, 4.69) is 26.0 Å². The third-order valence-electron chi connectivity index (χ3n) is 2.26. The molecule has 2 aromatic rings. The van der Waals surface area contributed by atoms with Crippen LogP contribution >= 0.6 is 15.9 Å². The molecule has 0 amide bonds. The zero-order valence-corrected chi connectivity index (χ0v) is 11.2. The highest BCUT2D eigenvalue weighted by molar-refractivity contribution is 9.10. The summed E-state index contributed by atoms with van der Waals surface area (Å²) in [5.41, 5.74) is 6.84. The normalized spacial score (nSPS) is 12.5. The van der Waals surface area contributed by atoms with E-state index in [4.69, 9.17) is 10.5 Å². The van der Waals surface area contributed by atoms with E-state index in [0.29, 0.717) is 11.8 Å². The summed E-state index contributed by atoms with van der Waals surface area (Å²) in [5, 5.41) is 4.04. The summed E-state index contributed by atoms with van der Waals surface area (Å²) in [6.45, 7) is 1.93. The molecule has 0 aliphatic rings. The Kier molecular flexibility index (Phi) is 3.44. The van der Waals surface area contributed by atoms with Crippen LogP contribution in [0.25, 0.3) is 0 Å². The first-order valence-corrected chi connectivity index (χ1v) is 5.94. The van der Waals surface area contributed by atoms with Gasteiger partial charge in [-0.05, 0) is 40.5 Å². The number of nitrogens with two attached hydrogens (primary N) is 1. The quantitative estimate of drug-likeness (QED) is 0.944. The number of nitrogens with zero attached hydrogens (tertiary/aromatic N) is 3. The van der Waals surface area contributed by atoms with Crippen LogP contribution in [0.3, 0.4) is 0 Å². The molecule has 5 nitrogen and oxygen atoms in total. The van der Waals surface area contributed by atoms with E-state index in [1.807, 2.05) is 25.1 Å². The zero-order chi connectivity index (χ0) is 12.4. The van der Waals surface area contributed by atoms with Gasteiger partial charge in [-0.1, -0.05) is 6.07 Å². The van der Waals surface area contributed by atoms with Crippen LogP contribution in [0.4, 0.5) is 0 Å². The van der Waals surface area contributed by atoms with Gasteiger partial charge in [0, 0.05) is 13.1 Å². The van der Waals surface area contributed by atoms with Crippen molar-refractivity contribution >= 4 is 15.9 Å². The van der Waals surface area contributed by atoms with Crippen molar-refractivity contribution in [1.29, 1.82) is 0 Å². The second-order valence-corrected chi connectivity index (χ2v) is 4.64. The average Bonchev–Trinajstić information content (AvgIpc) is 2.67. The van der Waals surface area contributed by atoms with Gasteiger partial charge < -0.3 is 10.5 Å². The molecule has 17 heavy (non-hydrogen) atoms. The number of benzene rings is 1. The second kappa shape index (κ2) is 4.85. The fraction of sp³-hybridized carbons (Fsp3) is 0.273. The molecule has 1 aromatic heterocycles. The molecule has 0 saturated carbocycles. The molecule has 1 atom stereocenters. The lowest BCUT2D eigenvalue weighted by Crippen LogP contribution is -2.04. The van der Waals surface area contributed by atoms with Crippen molar-refractivity contribution in [3.8, 4) is 11.8 Å². The van der Waals surface area contributed by atoms with Gasteiger partial charge in [-0.15, -0.1) is 5.10 Å². The molecule has 0 aliphatic heterocycles. The molecule has 1 aromatic carbocycles. The lowest BCUT2D eigenvalue weighted by Gasteiger charge is -2.09. The highest BCUT2D eigenvalue weighted by Crippen LogP contribution is 2.30. The molecule has 2 N–H and O–H groups in total. The first-order valence-electron chi connectivity index (χ1n) is 5.15. The van der Waals surface area contributed by atoms with E-state index in [1.54, 1.807) is 18.1 Å². The Morgan fingerprint density at radius 2 is 2.24 bits per heavy atom. The average molecular weight is 297 g/mol. The standard InChI is InChI=1S/C11H13BrN4O/c1-7(13)8-3-4-10(9(12)5-8)17-11-14-6-16(2)15-11/h3-7H,13H2,1-2H3. The lowest BCUT2D eigenvalue weighted by atomic mass is 10.1. The molecule has 1 unspecified atom stereocenters. The number of rotatable bonds is 3. The lowest BCUT2D eigenvalue weighted by molar-refractivity contribution is 0.436. The molecular formula is C11H13BrN4O. The molecule has 0 spiro atoms. The predicted molar refractivity (Wildman–Crippen MR) is 67.8 cm³/mol. The van der Waals surface area contributed by atoms with E-state index < -0.39 is 0 Å². The third kappa shape index (κ3) is 2.83. The summed E-state index contributed by atoms with van der Waals surface area (Å²) in [5.74, 6) is 0.667.